The molecule has 144 valence electrons. The van der Waals surface area contributed by atoms with Crippen LogP contribution in [0.4, 0.5) is 4.39 Å². The van der Waals surface area contributed by atoms with Crippen LogP contribution in [0.25, 0.3) is 0 Å². The van der Waals surface area contributed by atoms with Gasteiger partial charge in [-0.25, -0.2) is 17.9 Å². The highest BCUT2D eigenvalue weighted by Crippen LogP contribution is 2.29. The molecule has 3 fully saturated rings. The van der Waals surface area contributed by atoms with E-state index in [1.807, 2.05) is 0 Å². The van der Waals surface area contributed by atoms with E-state index in [1.165, 1.54) is 0 Å². The van der Waals surface area contributed by atoms with Gasteiger partial charge in [0.15, 0.2) is 0 Å². The van der Waals surface area contributed by atoms with Crippen molar-refractivity contribution in [1.82, 2.24) is 9.80 Å². The van der Waals surface area contributed by atoms with Gasteiger partial charge in [0.1, 0.15) is 5.82 Å². The van der Waals surface area contributed by atoms with Crippen molar-refractivity contribution < 1.29 is 22.3 Å². The second-order valence-corrected chi connectivity index (χ2v) is 8.54. The predicted octanol–water partition coefficient (Wildman–Crippen LogP) is 0.656. The first kappa shape index (κ1) is 19.2. The molecule has 2 atom stereocenters. The second kappa shape index (κ2) is 7.59. The Morgan fingerprint density at radius 2 is 2.08 bits per heavy atom. The maximum absolute atomic E-state index is 14.2. The number of hydrogen-bond acceptors (Lipinski definition) is 5. The van der Waals surface area contributed by atoms with Gasteiger partial charge in [0.2, 0.25) is 10.0 Å². The fourth-order valence-electron chi connectivity index (χ4n) is 3.84. The van der Waals surface area contributed by atoms with Gasteiger partial charge in [-0.15, -0.1) is 0 Å². The molecule has 0 saturated carbocycles. The Morgan fingerprint density at radius 1 is 1.31 bits per heavy atom. The minimum atomic E-state index is -4.00. The summed E-state index contributed by atoms with van der Waals surface area (Å²) < 4.78 is 42.4. The molecule has 1 aromatic rings. The lowest BCUT2D eigenvalue weighted by Crippen LogP contribution is -2.45. The standard InChI is InChI=1S/C17H24FN3O4S/c1-25-7-6-20-9-12-2-3-13(20)11-21(10-12)17(22)15-8-14(26(19,23)24)4-5-16(15)18/h4-5,8,12-13H,2-3,6-7,9-11H2,1H3,(H2,19,23,24)/t12-,13-/m1/s1. The third kappa shape index (κ3) is 4.06. The van der Waals surface area contributed by atoms with Crippen LogP contribution in [0.5, 0.6) is 0 Å². The number of rotatable bonds is 5. The lowest BCUT2D eigenvalue weighted by molar-refractivity contribution is 0.0713. The minimum absolute atomic E-state index is 0.206. The molecule has 1 amide bonds. The lowest BCUT2D eigenvalue weighted by atomic mass is 9.95. The van der Waals surface area contributed by atoms with E-state index in [4.69, 9.17) is 9.88 Å². The van der Waals surface area contributed by atoms with Gasteiger partial charge in [-0.2, -0.15) is 0 Å². The highest BCUT2D eigenvalue weighted by Gasteiger charge is 2.37. The summed E-state index contributed by atoms with van der Waals surface area (Å²) >= 11 is 0. The number of halogens is 1. The summed E-state index contributed by atoms with van der Waals surface area (Å²) in [4.78, 5) is 16.6. The average molecular weight is 385 g/mol. The van der Waals surface area contributed by atoms with Crippen molar-refractivity contribution in [2.24, 2.45) is 11.1 Å². The molecule has 7 nitrogen and oxygen atoms in total. The van der Waals surface area contributed by atoms with Gasteiger partial charge in [-0.05, 0) is 37.0 Å². The summed E-state index contributed by atoms with van der Waals surface area (Å²) in [7, 11) is -2.34. The number of carbonyl (C=O) groups is 1. The highest BCUT2D eigenvalue weighted by molar-refractivity contribution is 7.89. The molecule has 0 aromatic heterocycles. The summed E-state index contributed by atoms with van der Waals surface area (Å²) in [5.74, 6) is -0.909. The molecule has 3 aliphatic heterocycles. The highest BCUT2D eigenvalue weighted by atomic mass is 32.2. The van der Waals surface area contributed by atoms with Crippen LogP contribution in [0.15, 0.2) is 23.1 Å². The van der Waals surface area contributed by atoms with Gasteiger partial charge >= 0.3 is 0 Å². The van der Waals surface area contributed by atoms with Crippen LogP contribution < -0.4 is 5.14 Å². The van der Waals surface area contributed by atoms with E-state index in [0.717, 1.165) is 44.1 Å². The van der Waals surface area contributed by atoms with Crippen LogP contribution in [0.1, 0.15) is 23.2 Å². The number of nitrogens with zero attached hydrogens (tertiary/aromatic N) is 2. The van der Waals surface area contributed by atoms with Crippen molar-refractivity contribution in [3.05, 3.63) is 29.6 Å². The Balaban J connectivity index is 1.83. The molecule has 26 heavy (non-hydrogen) atoms. The Bertz CT molecular complexity index is 786. The third-order valence-electron chi connectivity index (χ3n) is 5.19. The Labute approximate surface area is 152 Å². The normalized spacial score (nSPS) is 23.9. The number of fused-ring (bicyclic) bond motifs is 4. The van der Waals surface area contributed by atoms with Gasteiger partial charge in [-0.1, -0.05) is 0 Å². The molecule has 0 spiro atoms. The van der Waals surface area contributed by atoms with E-state index in [0.29, 0.717) is 25.6 Å². The zero-order valence-corrected chi connectivity index (χ0v) is 15.5. The predicted molar refractivity (Wildman–Crippen MR) is 93.6 cm³/mol. The van der Waals surface area contributed by atoms with Crippen LogP contribution in [-0.4, -0.2) is 70.1 Å². The number of hydrogen-bond donors (Lipinski definition) is 1. The third-order valence-corrected chi connectivity index (χ3v) is 6.10. The monoisotopic (exact) mass is 385 g/mol. The molecule has 0 aliphatic carbocycles. The molecule has 1 aromatic carbocycles. The summed E-state index contributed by atoms with van der Waals surface area (Å²) in [6.07, 6.45) is 2.01. The molecule has 4 rings (SSSR count). The number of ether oxygens (including phenoxy) is 1. The Hall–Kier alpha value is -1.55. The van der Waals surface area contributed by atoms with Crippen molar-refractivity contribution in [1.29, 1.82) is 0 Å². The minimum Gasteiger partial charge on any atom is -0.383 e. The number of amides is 1. The van der Waals surface area contributed by atoms with E-state index < -0.39 is 21.7 Å². The number of nitrogens with two attached hydrogens (primary N) is 1. The number of benzene rings is 1. The summed E-state index contributed by atoms with van der Waals surface area (Å²) in [5, 5.41) is 5.10. The first-order valence-corrected chi connectivity index (χ1v) is 10.2. The van der Waals surface area contributed by atoms with Crippen LogP contribution >= 0.6 is 0 Å². The van der Waals surface area contributed by atoms with Crippen molar-refractivity contribution in [3.8, 4) is 0 Å². The zero-order valence-electron chi connectivity index (χ0n) is 14.7. The zero-order chi connectivity index (χ0) is 18.9. The maximum Gasteiger partial charge on any atom is 0.256 e. The Kier molecular flexibility index (Phi) is 5.61. The smallest absolute Gasteiger partial charge is 0.256 e. The van der Waals surface area contributed by atoms with Crippen LogP contribution in [0.3, 0.4) is 0 Å². The van der Waals surface area contributed by atoms with E-state index in [1.54, 1.807) is 12.0 Å². The summed E-state index contributed by atoms with van der Waals surface area (Å²) in [5.41, 5.74) is -0.249. The van der Waals surface area contributed by atoms with E-state index in [9.17, 15) is 17.6 Å². The number of carbonyl (C=O) groups excluding carboxylic acids is 1. The molecule has 2 N–H and O–H groups in total. The lowest BCUT2D eigenvalue weighted by Gasteiger charge is -2.35. The van der Waals surface area contributed by atoms with Gasteiger partial charge < -0.3 is 9.64 Å². The largest absolute Gasteiger partial charge is 0.383 e. The molecule has 9 heteroatoms. The average Bonchev–Trinajstić information content (AvgIpc) is 2.90. The molecule has 2 bridgehead atoms. The van der Waals surface area contributed by atoms with Crippen LogP contribution in [0, 0.1) is 11.7 Å². The number of piperidine rings is 1. The number of primary sulfonamides is 1. The summed E-state index contributed by atoms with van der Waals surface area (Å²) in [6.45, 7) is 3.35. The van der Waals surface area contributed by atoms with Gasteiger partial charge in [-0.3, -0.25) is 9.69 Å². The molecule has 0 unspecified atom stereocenters. The molecule has 3 heterocycles. The van der Waals surface area contributed by atoms with Crippen LogP contribution in [0.2, 0.25) is 0 Å². The number of sulfonamides is 1. The van der Waals surface area contributed by atoms with E-state index in [2.05, 4.69) is 4.90 Å². The maximum atomic E-state index is 14.2. The molecule has 0 radical (unpaired) electrons. The fraction of sp³-hybridized carbons (Fsp3) is 0.588. The van der Waals surface area contributed by atoms with Gasteiger partial charge in [0.25, 0.3) is 5.91 Å². The molecule has 3 saturated heterocycles. The molecule has 3 aliphatic rings. The van der Waals surface area contributed by atoms with Gasteiger partial charge in [0.05, 0.1) is 17.1 Å². The molecular weight excluding hydrogens is 361 g/mol. The van der Waals surface area contributed by atoms with E-state index in [-0.39, 0.29) is 16.5 Å². The Morgan fingerprint density at radius 3 is 2.77 bits per heavy atom. The first-order chi connectivity index (χ1) is 12.3. The SMILES string of the molecule is COCCN1C[C@H]2CC[C@@H]1CN(C(=O)c1cc(S(N)(=O)=O)ccc1F)C2. The van der Waals surface area contributed by atoms with Gasteiger partial charge in [0, 0.05) is 39.3 Å². The fourth-order valence-corrected chi connectivity index (χ4v) is 4.38. The summed E-state index contributed by atoms with van der Waals surface area (Å²) in [6, 6.07) is 3.28. The quantitative estimate of drug-likeness (QED) is 0.804. The van der Waals surface area contributed by atoms with Crippen molar-refractivity contribution in [2.75, 3.05) is 39.9 Å². The van der Waals surface area contributed by atoms with E-state index >= 15 is 0 Å². The number of methoxy groups -OCH3 is 1. The topological polar surface area (TPSA) is 92.9 Å². The van der Waals surface area contributed by atoms with Crippen molar-refractivity contribution in [2.45, 2.75) is 23.8 Å². The van der Waals surface area contributed by atoms with Crippen molar-refractivity contribution >= 4 is 15.9 Å². The van der Waals surface area contributed by atoms with Crippen molar-refractivity contribution in [3.63, 3.8) is 0 Å². The first-order valence-electron chi connectivity index (χ1n) is 8.64. The molecular formula is C17H24FN3O4S. The van der Waals surface area contributed by atoms with Crippen LogP contribution in [-0.2, 0) is 14.8 Å². The second-order valence-electron chi connectivity index (χ2n) is 6.98.